The molecule has 0 atom stereocenters. The van der Waals surface area contributed by atoms with Gasteiger partial charge in [0, 0.05) is 10.6 Å². The van der Waals surface area contributed by atoms with Gasteiger partial charge in [0.25, 0.3) is 0 Å². The Balaban J connectivity index is 2.01. The molecule has 132 valence electrons. The quantitative estimate of drug-likeness (QED) is 0.454. The van der Waals surface area contributed by atoms with Gasteiger partial charge in [-0.15, -0.1) is 0 Å². The Hall–Kier alpha value is -2.38. The summed E-state index contributed by atoms with van der Waals surface area (Å²) in [5.41, 5.74) is 5.75. The highest BCUT2D eigenvalue weighted by atomic mass is 35.5. The van der Waals surface area contributed by atoms with Crippen molar-refractivity contribution in [1.82, 2.24) is 0 Å². The molecule has 5 nitrogen and oxygen atoms in total. The highest BCUT2D eigenvalue weighted by Gasteiger charge is 2.17. The van der Waals surface area contributed by atoms with Gasteiger partial charge in [-0.3, -0.25) is 4.79 Å². The van der Waals surface area contributed by atoms with Crippen LogP contribution >= 0.6 is 23.2 Å². The van der Waals surface area contributed by atoms with Gasteiger partial charge in [-0.25, -0.2) is 4.79 Å². The summed E-state index contributed by atoms with van der Waals surface area (Å²) >= 11 is 11.6. The summed E-state index contributed by atoms with van der Waals surface area (Å²) in [5, 5.41) is 0.271. The fourth-order valence-electron chi connectivity index (χ4n) is 1.87. The fraction of sp³-hybridized carbons (Fsp3) is 0.125. The van der Waals surface area contributed by atoms with Gasteiger partial charge >= 0.3 is 12.6 Å². The zero-order valence-electron chi connectivity index (χ0n) is 12.5. The van der Waals surface area contributed by atoms with Crippen LogP contribution in [0.15, 0.2) is 36.4 Å². The maximum absolute atomic E-state index is 12.1. The monoisotopic (exact) mass is 389 g/mol. The van der Waals surface area contributed by atoms with Gasteiger partial charge in [0.15, 0.2) is 12.4 Å². The summed E-state index contributed by atoms with van der Waals surface area (Å²) in [6.07, 6.45) is 0. The zero-order valence-corrected chi connectivity index (χ0v) is 14.0. The van der Waals surface area contributed by atoms with E-state index in [0.717, 1.165) is 0 Å². The van der Waals surface area contributed by atoms with Gasteiger partial charge in [0.1, 0.15) is 5.75 Å². The summed E-state index contributed by atoms with van der Waals surface area (Å²) in [4.78, 5) is 24.0. The number of halogens is 4. The summed E-state index contributed by atoms with van der Waals surface area (Å²) in [7, 11) is 0. The number of carbonyl (C=O) groups is 2. The second-order valence-corrected chi connectivity index (χ2v) is 5.59. The molecule has 0 aliphatic heterocycles. The first-order valence-electron chi connectivity index (χ1n) is 6.77. The van der Waals surface area contributed by atoms with Crippen LogP contribution in [0.3, 0.4) is 0 Å². The second-order valence-electron chi connectivity index (χ2n) is 4.75. The molecule has 2 N–H and O–H groups in total. The van der Waals surface area contributed by atoms with Crippen molar-refractivity contribution in [3.8, 4) is 5.75 Å². The van der Waals surface area contributed by atoms with Gasteiger partial charge in [0.2, 0.25) is 0 Å². The molecule has 0 spiro atoms. The van der Waals surface area contributed by atoms with Gasteiger partial charge in [-0.1, -0.05) is 23.2 Å². The number of rotatable bonds is 6. The molecule has 2 rings (SSSR count). The van der Waals surface area contributed by atoms with Crippen LogP contribution in [0.2, 0.25) is 10.0 Å². The number of carbonyl (C=O) groups excluding carboxylic acids is 2. The lowest BCUT2D eigenvalue weighted by atomic mass is 10.1. The van der Waals surface area contributed by atoms with E-state index in [0.29, 0.717) is 0 Å². The van der Waals surface area contributed by atoms with E-state index in [1.54, 1.807) is 0 Å². The number of ether oxygens (including phenoxy) is 2. The Kier molecular flexibility index (Phi) is 6.17. The Morgan fingerprint density at radius 3 is 2.36 bits per heavy atom. The number of benzene rings is 2. The molecule has 0 radical (unpaired) electrons. The van der Waals surface area contributed by atoms with Crippen LogP contribution in [-0.4, -0.2) is 25.0 Å². The predicted molar refractivity (Wildman–Crippen MR) is 88.6 cm³/mol. The van der Waals surface area contributed by atoms with Crippen molar-refractivity contribution in [1.29, 1.82) is 0 Å². The van der Waals surface area contributed by atoms with E-state index >= 15 is 0 Å². The van der Waals surface area contributed by atoms with E-state index in [1.807, 2.05) is 0 Å². The molecule has 0 amide bonds. The van der Waals surface area contributed by atoms with Crippen molar-refractivity contribution < 1.29 is 27.8 Å². The van der Waals surface area contributed by atoms with Gasteiger partial charge < -0.3 is 15.2 Å². The molecule has 0 heterocycles. The summed E-state index contributed by atoms with van der Waals surface area (Å²) < 4.78 is 33.2. The highest BCUT2D eigenvalue weighted by molar-refractivity contribution is 6.37. The number of ketones is 1. The Labute approximate surface area is 151 Å². The summed E-state index contributed by atoms with van der Waals surface area (Å²) in [6, 6.07) is 7.60. The van der Waals surface area contributed by atoms with Gasteiger partial charge in [0.05, 0.1) is 16.3 Å². The largest absolute Gasteiger partial charge is 0.454 e. The number of Topliss-reactive ketones (excluding diaryl/α,β-unsaturated/α-hetero) is 1. The Morgan fingerprint density at radius 1 is 1.12 bits per heavy atom. The molecule has 0 aliphatic rings. The normalized spacial score (nSPS) is 10.6. The van der Waals surface area contributed by atoms with E-state index in [-0.39, 0.29) is 32.6 Å². The van der Waals surface area contributed by atoms with Crippen molar-refractivity contribution in [2.75, 3.05) is 12.3 Å². The first kappa shape index (κ1) is 19.0. The topological polar surface area (TPSA) is 78.6 Å². The summed E-state index contributed by atoms with van der Waals surface area (Å²) in [5.74, 6) is -1.50. The van der Waals surface area contributed by atoms with Crippen LogP contribution in [0.5, 0.6) is 5.75 Å². The van der Waals surface area contributed by atoms with E-state index in [1.165, 1.54) is 36.4 Å². The minimum absolute atomic E-state index is 0.0167. The van der Waals surface area contributed by atoms with Crippen molar-refractivity contribution in [2.24, 2.45) is 0 Å². The molecule has 2 aromatic carbocycles. The van der Waals surface area contributed by atoms with Crippen LogP contribution in [-0.2, 0) is 4.74 Å². The third-order valence-corrected chi connectivity index (χ3v) is 3.58. The molecular formula is C16H11Cl2F2NO4. The maximum atomic E-state index is 12.1. The molecule has 0 aliphatic carbocycles. The Morgan fingerprint density at radius 2 is 1.76 bits per heavy atom. The van der Waals surface area contributed by atoms with Crippen LogP contribution in [0, 0.1) is 0 Å². The van der Waals surface area contributed by atoms with E-state index < -0.39 is 25.0 Å². The lowest BCUT2D eigenvalue weighted by Gasteiger charge is -2.09. The van der Waals surface area contributed by atoms with E-state index in [4.69, 9.17) is 33.7 Å². The molecular weight excluding hydrogens is 379 g/mol. The first-order valence-corrected chi connectivity index (χ1v) is 7.53. The third kappa shape index (κ3) is 5.04. The number of esters is 1. The minimum atomic E-state index is -2.96. The van der Waals surface area contributed by atoms with Crippen LogP contribution in [0.4, 0.5) is 14.5 Å². The molecule has 0 saturated heterocycles. The van der Waals surface area contributed by atoms with Crippen LogP contribution in [0.1, 0.15) is 20.7 Å². The SMILES string of the molecule is Nc1c(Cl)cc(Cl)cc1C(=O)OCC(=O)c1ccc(OC(F)F)cc1. The molecule has 2 aromatic rings. The standard InChI is InChI=1S/C16H11Cl2F2NO4/c17-9-5-11(14(21)12(18)6-9)15(23)24-7-13(22)8-1-3-10(4-2-8)25-16(19)20/h1-6,16H,7,21H2. The second kappa shape index (κ2) is 8.13. The fourth-order valence-corrected chi connectivity index (χ4v) is 2.36. The first-order chi connectivity index (χ1) is 11.8. The van der Waals surface area contributed by atoms with Crippen LogP contribution in [0.25, 0.3) is 0 Å². The van der Waals surface area contributed by atoms with Crippen molar-refractivity contribution in [3.05, 3.63) is 57.6 Å². The molecule has 0 unspecified atom stereocenters. The number of hydrogen-bond acceptors (Lipinski definition) is 5. The smallest absolute Gasteiger partial charge is 0.387 e. The van der Waals surface area contributed by atoms with Crippen molar-refractivity contribution in [2.45, 2.75) is 6.61 Å². The van der Waals surface area contributed by atoms with Gasteiger partial charge in [-0.05, 0) is 36.4 Å². The number of hydrogen-bond donors (Lipinski definition) is 1. The minimum Gasteiger partial charge on any atom is -0.454 e. The maximum Gasteiger partial charge on any atom is 0.387 e. The number of nitrogen functional groups attached to an aromatic ring is 1. The van der Waals surface area contributed by atoms with Gasteiger partial charge in [-0.2, -0.15) is 8.78 Å². The van der Waals surface area contributed by atoms with Crippen molar-refractivity contribution >= 4 is 40.6 Å². The Bertz CT molecular complexity index is 797. The highest BCUT2D eigenvalue weighted by Crippen LogP contribution is 2.28. The van der Waals surface area contributed by atoms with Crippen molar-refractivity contribution in [3.63, 3.8) is 0 Å². The number of nitrogens with two attached hydrogens (primary N) is 1. The molecule has 0 bridgehead atoms. The number of alkyl halides is 2. The molecule has 9 heteroatoms. The van der Waals surface area contributed by atoms with Crippen LogP contribution < -0.4 is 10.5 Å². The van der Waals surface area contributed by atoms with E-state index in [2.05, 4.69) is 4.74 Å². The lowest BCUT2D eigenvalue weighted by Crippen LogP contribution is -2.15. The predicted octanol–water partition coefficient (Wildman–Crippen LogP) is 4.22. The molecule has 0 aromatic heterocycles. The zero-order chi connectivity index (χ0) is 18.6. The lowest BCUT2D eigenvalue weighted by molar-refractivity contribution is -0.0498. The average Bonchev–Trinajstić information content (AvgIpc) is 2.55. The molecule has 0 saturated carbocycles. The molecule has 0 fully saturated rings. The number of anilines is 1. The van der Waals surface area contributed by atoms with E-state index in [9.17, 15) is 18.4 Å². The molecule has 25 heavy (non-hydrogen) atoms. The summed E-state index contributed by atoms with van der Waals surface area (Å²) in [6.45, 7) is -3.53. The average molecular weight is 390 g/mol. The third-order valence-electron chi connectivity index (χ3n) is 3.05.